The summed E-state index contributed by atoms with van der Waals surface area (Å²) in [7, 11) is 0. The molecule has 1 heterocycles. The molecule has 0 aromatic carbocycles. The molecule has 0 radical (unpaired) electrons. The number of hydrogen-bond donors (Lipinski definition) is 1. The third-order valence-corrected chi connectivity index (χ3v) is 3.54. The molecule has 1 atom stereocenters. The smallest absolute Gasteiger partial charge is 0.118 e. The molecule has 1 aliphatic rings. The van der Waals surface area contributed by atoms with Crippen LogP contribution in [0.4, 0.5) is 0 Å². The molecule has 1 N–H and O–H groups in total. The summed E-state index contributed by atoms with van der Waals surface area (Å²) in [6.45, 7) is 10.1. The maximum absolute atomic E-state index is 5.89. The van der Waals surface area contributed by atoms with Gasteiger partial charge in [-0.25, -0.2) is 0 Å². The van der Waals surface area contributed by atoms with Gasteiger partial charge in [-0.15, -0.1) is 0 Å². The lowest BCUT2D eigenvalue weighted by Gasteiger charge is -2.14. The van der Waals surface area contributed by atoms with Crippen LogP contribution in [0, 0.1) is 12.8 Å². The maximum Gasteiger partial charge on any atom is 0.118 e. The van der Waals surface area contributed by atoms with E-state index in [0.29, 0.717) is 18.6 Å². The topological polar surface area (TPSA) is 34.4 Å². The van der Waals surface area contributed by atoms with Gasteiger partial charge in [-0.1, -0.05) is 13.8 Å². The van der Waals surface area contributed by atoms with Crippen LogP contribution in [-0.4, -0.2) is 12.1 Å². The van der Waals surface area contributed by atoms with E-state index in [-0.39, 0.29) is 0 Å². The first-order valence-electron chi connectivity index (χ1n) is 7.47. The highest BCUT2D eigenvalue weighted by Gasteiger charge is 2.21. The average Bonchev–Trinajstić information content (AvgIpc) is 3.08. The molecule has 1 fully saturated rings. The summed E-state index contributed by atoms with van der Waals surface area (Å²) in [5, 5.41) is 3.47. The molecule has 1 aliphatic carbocycles. The van der Waals surface area contributed by atoms with E-state index < -0.39 is 0 Å². The molecule has 3 nitrogen and oxygen atoms in total. The molecule has 1 unspecified atom stereocenters. The van der Waals surface area contributed by atoms with E-state index in [4.69, 9.17) is 9.15 Å². The molecular weight excluding hydrogens is 238 g/mol. The van der Waals surface area contributed by atoms with Gasteiger partial charge < -0.3 is 14.5 Å². The zero-order valence-corrected chi connectivity index (χ0v) is 12.7. The van der Waals surface area contributed by atoms with Crippen molar-refractivity contribution in [2.75, 3.05) is 0 Å². The van der Waals surface area contributed by atoms with E-state index in [9.17, 15) is 0 Å². The number of aryl methyl sites for hydroxylation is 1. The van der Waals surface area contributed by atoms with Crippen LogP contribution in [0.15, 0.2) is 10.5 Å². The Bertz CT molecular complexity index is 393. The van der Waals surface area contributed by atoms with E-state index in [0.717, 1.165) is 30.5 Å². The van der Waals surface area contributed by atoms with E-state index in [1.54, 1.807) is 0 Å². The predicted octanol–water partition coefficient (Wildman–Crippen LogP) is 3.79. The second-order valence-corrected chi connectivity index (χ2v) is 6.20. The van der Waals surface area contributed by atoms with E-state index in [1.165, 1.54) is 18.4 Å². The second kappa shape index (κ2) is 6.58. The van der Waals surface area contributed by atoms with Gasteiger partial charge in [0.05, 0.1) is 19.3 Å². The zero-order chi connectivity index (χ0) is 13.8. The molecule has 0 amide bonds. The van der Waals surface area contributed by atoms with Crippen LogP contribution in [0.3, 0.4) is 0 Å². The minimum Gasteiger partial charge on any atom is -0.465 e. The molecule has 1 saturated carbocycles. The second-order valence-electron chi connectivity index (χ2n) is 6.20. The first-order chi connectivity index (χ1) is 9.04. The minimum atomic E-state index is 0.308. The highest BCUT2D eigenvalue weighted by atomic mass is 16.5. The molecular formula is C16H27NO2. The van der Waals surface area contributed by atoms with E-state index in [2.05, 4.69) is 32.2 Å². The van der Waals surface area contributed by atoms with Crippen molar-refractivity contribution in [3.8, 4) is 0 Å². The average molecular weight is 265 g/mol. The number of hydrogen-bond acceptors (Lipinski definition) is 3. The highest BCUT2D eigenvalue weighted by molar-refractivity contribution is 5.20. The highest BCUT2D eigenvalue weighted by Crippen LogP contribution is 2.21. The fraction of sp³-hybridized carbons (Fsp3) is 0.750. The summed E-state index contributed by atoms with van der Waals surface area (Å²) in [4.78, 5) is 0. The molecule has 1 aromatic rings. The molecule has 19 heavy (non-hydrogen) atoms. The molecule has 2 rings (SSSR count). The number of furan rings is 1. The van der Waals surface area contributed by atoms with Gasteiger partial charge in [-0.3, -0.25) is 0 Å². The quantitative estimate of drug-likeness (QED) is 0.776. The standard InChI is InChI=1S/C16H27NO2/c1-11(2)7-12(3)18-10-14-8-16(19-13(14)4)9-17-15-5-6-15/h8,11-12,15,17H,5-7,9-10H2,1-4H3. The summed E-state index contributed by atoms with van der Waals surface area (Å²) >= 11 is 0. The normalized spacial score (nSPS) is 17.1. The van der Waals surface area contributed by atoms with Crippen molar-refractivity contribution in [3.63, 3.8) is 0 Å². The van der Waals surface area contributed by atoms with Crippen molar-refractivity contribution >= 4 is 0 Å². The Labute approximate surface area is 116 Å². The summed E-state index contributed by atoms with van der Waals surface area (Å²) in [6, 6.07) is 2.85. The van der Waals surface area contributed by atoms with Gasteiger partial charge in [0.25, 0.3) is 0 Å². The van der Waals surface area contributed by atoms with E-state index >= 15 is 0 Å². The Morgan fingerprint density at radius 1 is 1.37 bits per heavy atom. The van der Waals surface area contributed by atoms with Crippen LogP contribution in [0.1, 0.15) is 57.1 Å². The van der Waals surface area contributed by atoms with Crippen molar-refractivity contribution in [3.05, 3.63) is 23.2 Å². The van der Waals surface area contributed by atoms with Crippen LogP contribution in [0.2, 0.25) is 0 Å². The lowest BCUT2D eigenvalue weighted by atomic mass is 10.1. The summed E-state index contributed by atoms with van der Waals surface area (Å²) in [6.07, 6.45) is 4.03. The van der Waals surface area contributed by atoms with Gasteiger partial charge in [0, 0.05) is 11.6 Å². The number of rotatable bonds is 8. The van der Waals surface area contributed by atoms with Gasteiger partial charge >= 0.3 is 0 Å². The monoisotopic (exact) mass is 265 g/mol. The Kier molecular flexibility index (Phi) is 5.06. The molecule has 0 spiro atoms. The van der Waals surface area contributed by atoms with Gasteiger partial charge in [0.2, 0.25) is 0 Å². The Morgan fingerprint density at radius 2 is 2.11 bits per heavy atom. The number of nitrogens with one attached hydrogen (secondary N) is 1. The molecule has 0 saturated heterocycles. The maximum atomic E-state index is 5.89. The molecule has 3 heteroatoms. The van der Waals surface area contributed by atoms with Crippen LogP contribution in [0.5, 0.6) is 0 Å². The van der Waals surface area contributed by atoms with Crippen molar-refractivity contribution < 1.29 is 9.15 Å². The summed E-state index contributed by atoms with van der Waals surface area (Å²) in [5.74, 6) is 2.70. The molecule has 1 aromatic heterocycles. The SMILES string of the molecule is Cc1oc(CNC2CC2)cc1COC(C)CC(C)C. The molecule has 0 bridgehead atoms. The zero-order valence-electron chi connectivity index (χ0n) is 12.7. The minimum absolute atomic E-state index is 0.308. The van der Waals surface area contributed by atoms with Crippen molar-refractivity contribution in [1.29, 1.82) is 0 Å². The van der Waals surface area contributed by atoms with Crippen LogP contribution >= 0.6 is 0 Å². The molecule has 0 aliphatic heterocycles. The fourth-order valence-electron chi connectivity index (χ4n) is 2.31. The lowest BCUT2D eigenvalue weighted by Crippen LogP contribution is -2.14. The van der Waals surface area contributed by atoms with E-state index in [1.807, 2.05) is 6.92 Å². The first kappa shape index (κ1) is 14.6. The lowest BCUT2D eigenvalue weighted by molar-refractivity contribution is 0.0391. The van der Waals surface area contributed by atoms with Gasteiger partial charge in [-0.05, 0) is 45.1 Å². The fourth-order valence-corrected chi connectivity index (χ4v) is 2.31. The van der Waals surface area contributed by atoms with Crippen LogP contribution in [-0.2, 0) is 17.9 Å². The number of ether oxygens (including phenoxy) is 1. The van der Waals surface area contributed by atoms with Crippen molar-refractivity contribution in [2.24, 2.45) is 5.92 Å². The third kappa shape index (κ3) is 5.00. The Morgan fingerprint density at radius 3 is 2.74 bits per heavy atom. The summed E-state index contributed by atoms with van der Waals surface area (Å²) in [5.41, 5.74) is 1.18. The van der Waals surface area contributed by atoms with Gasteiger partial charge in [0.15, 0.2) is 0 Å². The Balaban J connectivity index is 1.78. The first-order valence-corrected chi connectivity index (χ1v) is 7.47. The van der Waals surface area contributed by atoms with Crippen molar-refractivity contribution in [2.45, 2.75) is 72.3 Å². The van der Waals surface area contributed by atoms with Crippen LogP contribution in [0.25, 0.3) is 0 Å². The van der Waals surface area contributed by atoms with Crippen LogP contribution < -0.4 is 5.32 Å². The Hall–Kier alpha value is -0.800. The van der Waals surface area contributed by atoms with Gasteiger partial charge in [0.1, 0.15) is 11.5 Å². The van der Waals surface area contributed by atoms with Gasteiger partial charge in [-0.2, -0.15) is 0 Å². The summed E-state index contributed by atoms with van der Waals surface area (Å²) < 4.78 is 11.7. The predicted molar refractivity (Wildman–Crippen MR) is 77.0 cm³/mol. The molecule has 108 valence electrons. The third-order valence-electron chi connectivity index (χ3n) is 3.54. The largest absolute Gasteiger partial charge is 0.465 e. The van der Waals surface area contributed by atoms with Crippen molar-refractivity contribution in [1.82, 2.24) is 5.32 Å².